The van der Waals surface area contributed by atoms with E-state index in [1.807, 2.05) is 12.2 Å². The fraction of sp³-hybridized carbons (Fsp3) is 0.476. The smallest absolute Gasteiger partial charge is 0.307 e. The molecule has 2 saturated carbocycles. The highest BCUT2D eigenvalue weighted by atomic mass is 16.5. The number of carboxylic acids is 1. The molecule has 4 atom stereocenters. The monoisotopic (exact) mass is 384 g/mol. The lowest BCUT2D eigenvalue weighted by atomic mass is 9.82. The van der Waals surface area contributed by atoms with E-state index in [1.54, 1.807) is 24.3 Å². The van der Waals surface area contributed by atoms with Crippen molar-refractivity contribution in [2.24, 2.45) is 23.7 Å². The SMILES string of the molecule is O=C(NNC(=O)C1C2C=CC(C2)C1C(=O)O)c1ccc(OC2CCCC2)cc1. The van der Waals surface area contributed by atoms with Crippen LogP contribution in [0.25, 0.3) is 0 Å². The number of hydrogen-bond acceptors (Lipinski definition) is 4. The third kappa shape index (κ3) is 3.61. The van der Waals surface area contributed by atoms with Crippen molar-refractivity contribution in [1.82, 2.24) is 10.9 Å². The Morgan fingerprint density at radius 2 is 1.57 bits per heavy atom. The fourth-order valence-corrected chi connectivity index (χ4v) is 4.67. The molecule has 4 rings (SSSR count). The minimum absolute atomic E-state index is 0.0879. The molecule has 0 radical (unpaired) electrons. The van der Waals surface area contributed by atoms with Gasteiger partial charge in [-0.05, 0) is 68.2 Å². The first kappa shape index (κ1) is 18.5. The Hall–Kier alpha value is -2.83. The van der Waals surface area contributed by atoms with Crippen molar-refractivity contribution < 1.29 is 24.2 Å². The average Bonchev–Trinajstić information content (AvgIpc) is 3.43. The zero-order valence-electron chi connectivity index (χ0n) is 15.5. The summed E-state index contributed by atoms with van der Waals surface area (Å²) in [6.45, 7) is 0. The van der Waals surface area contributed by atoms with Crippen LogP contribution in [0.4, 0.5) is 0 Å². The second-order valence-electron chi connectivity index (χ2n) is 7.83. The average molecular weight is 384 g/mol. The summed E-state index contributed by atoms with van der Waals surface area (Å²) in [5.41, 5.74) is 5.18. The van der Waals surface area contributed by atoms with E-state index in [4.69, 9.17) is 4.74 Å². The molecule has 0 saturated heterocycles. The lowest BCUT2D eigenvalue weighted by Crippen LogP contribution is -2.48. The van der Waals surface area contributed by atoms with Gasteiger partial charge in [0.1, 0.15) is 5.75 Å². The number of carbonyl (C=O) groups is 3. The lowest BCUT2D eigenvalue weighted by molar-refractivity contribution is -0.148. The van der Waals surface area contributed by atoms with Crippen molar-refractivity contribution in [3.05, 3.63) is 42.0 Å². The molecule has 3 aliphatic rings. The molecular formula is C21H24N2O5. The Bertz CT molecular complexity index is 798. The van der Waals surface area contributed by atoms with Crippen LogP contribution in [0.1, 0.15) is 42.5 Å². The number of carbonyl (C=O) groups excluding carboxylic acids is 2. The van der Waals surface area contributed by atoms with Crippen LogP contribution in [0.3, 0.4) is 0 Å². The number of amides is 2. The zero-order chi connectivity index (χ0) is 19.7. The molecule has 28 heavy (non-hydrogen) atoms. The maximum Gasteiger partial charge on any atom is 0.307 e. The highest BCUT2D eigenvalue weighted by molar-refractivity contribution is 5.96. The summed E-state index contributed by atoms with van der Waals surface area (Å²) in [6.07, 6.45) is 9.19. The Labute approximate surface area is 163 Å². The molecule has 148 valence electrons. The van der Waals surface area contributed by atoms with Crippen LogP contribution in [0, 0.1) is 23.7 Å². The van der Waals surface area contributed by atoms with Gasteiger partial charge in [0.05, 0.1) is 17.9 Å². The van der Waals surface area contributed by atoms with Gasteiger partial charge in [-0.1, -0.05) is 12.2 Å². The van der Waals surface area contributed by atoms with Gasteiger partial charge in [-0.3, -0.25) is 25.2 Å². The number of rotatable bonds is 5. The number of hydrogen-bond donors (Lipinski definition) is 3. The van der Waals surface area contributed by atoms with E-state index >= 15 is 0 Å². The zero-order valence-corrected chi connectivity index (χ0v) is 15.5. The summed E-state index contributed by atoms with van der Waals surface area (Å²) in [5.74, 6) is -2.75. The third-order valence-corrected chi connectivity index (χ3v) is 6.07. The van der Waals surface area contributed by atoms with Crippen LogP contribution in [0.5, 0.6) is 5.75 Å². The van der Waals surface area contributed by atoms with E-state index in [9.17, 15) is 19.5 Å². The van der Waals surface area contributed by atoms with E-state index in [1.165, 1.54) is 12.8 Å². The predicted molar refractivity (Wildman–Crippen MR) is 100 cm³/mol. The van der Waals surface area contributed by atoms with Crippen molar-refractivity contribution >= 4 is 17.8 Å². The summed E-state index contributed by atoms with van der Waals surface area (Å²) < 4.78 is 5.87. The van der Waals surface area contributed by atoms with Gasteiger partial charge >= 0.3 is 5.97 Å². The minimum atomic E-state index is -0.971. The Morgan fingerprint density at radius 1 is 0.929 bits per heavy atom. The first-order valence-corrected chi connectivity index (χ1v) is 9.81. The molecular weight excluding hydrogens is 360 g/mol. The molecule has 1 aromatic rings. The molecule has 3 N–H and O–H groups in total. The fourth-order valence-electron chi connectivity index (χ4n) is 4.67. The van der Waals surface area contributed by atoms with Gasteiger partial charge in [-0.15, -0.1) is 0 Å². The predicted octanol–water partition coefficient (Wildman–Crippen LogP) is 2.29. The number of nitrogens with one attached hydrogen (secondary N) is 2. The molecule has 2 fully saturated rings. The van der Waals surface area contributed by atoms with Gasteiger partial charge in [0.2, 0.25) is 5.91 Å². The molecule has 2 amide bonds. The molecule has 0 aromatic heterocycles. The maximum absolute atomic E-state index is 12.5. The van der Waals surface area contributed by atoms with Crippen molar-refractivity contribution in [3.63, 3.8) is 0 Å². The van der Waals surface area contributed by atoms with Crippen molar-refractivity contribution in [2.45, 2.75) is 38.2 Å². The topological polar surface area (TPSA) is 105 Å². The molecule has 0 aliphatic heterocycles. The van der Waals surface area contributed by atoms with Gasteiger partial charge in [0, 0.05) is 5.56 Å². The first-order valence-electron chi connectivity index (χ1n) is 9.81. The van der Waals surface area contributed by atoms with Gasteiger partial charge in [0.25, 0.3) is 5.91 Å². The summed E-state index contributed by atoms with van der Waals surface area (Å²) in [6, 6.07) is 6.78. The van der Waals surface area contributed by atoms with Crippen LogP contribution in [0.2, 0.25) is 0 Å². The van der Waals surface area contributed by atoms with Crippen molar-refractivity contribution in [1.29, 1.82) is 0 Å². The van der Waals surface area contributed by atoms with Gasteiger partial charge in [-0.25, -0.2) is 0 Å². The van der Waals surface area contributed by atoms with Crippen LogP contribution in [-0.2, 0) is 9.59 Å². The van der Waals surface area contributed by atoms with Crippen LogP contribution >= 0.6 is 0 Å². The molecule has 7 nitrogen and oxygen atoms in total. The Kier molecular flexibility index (Phi) is 5.07. The molecule has 4 unspecified atom stereocenters. The van der Waals surface area contributed by atoms with Crippen LogP contribution in [0.15, 0.2) is 36.4 Å². The summed E-state index contributed by atoms with van der Waals surface area (Å²) in [5, 5.41) is 9.42. The standard InChI is InChI=1S/C21H24N2O5/c24-19(12-7-9-16(10-8-12)28-15-3-1-2-4-15)22-23-20(25)17-13-5-6-14(11-13)18(17)21(26)27/h5-10,13-15,17-18H,1-4,11H2,(H,22,24)(H,23,25)(H,26,27). The third-order valence-electron chi connectivity index (χ3n) is 6.07. The highest BCUT2D eigenvalue weighted by Gasteiger charge is 2.51. The van der Waals surface area contributed by atoms with Crippen molar-refractivity contribution in [2.75, 3.05) is 0 Å². The summed E-state index contributed by atoms with van der Waals surface area (Å²) in [7, 11) is 0. The number of carboxylic acid groups (broad SMARTS) is 1. The molecule has 0 heterocycles. The summed E-state index contributed by atoms with van der Waals surface area (Å²) >= 11 is 0. The molecule has 7 heteroatoms. The maximum atomic E-state index is 12.5. The minimum Gasteiger partial charge on any atom is -0.490 e. The second kappa shape index (κ2) is 7.66. The van der Waals surface area contributed by atoms with E-state index < -0.39 is 29.6 Å². The first-order chi connectivity index (χ1) is 13.5. The number of ether oxygens (including phenoxy) is 1. The normalized spacial score (nSPS) is 28.3. The largest absolute Gasteiger partial charge is 0.490 e. The van der Waals surface area contributed by atoms with Gasteiger partial charge < -0.3 is 9.84 Å². The second-order valence-corrected chi connectivity index (χ2v) is 7.83. The molecule has 1 aromatic carbocycles. The van der Waals surface area contributed by atoms with Gasteiger partial charge in [-0.2, -0.15) is 0 Å². The van der Waals surface area contributed by atoms with E-state index in [2.05, 4.69) is 10.9 Å². The van der Waals surface area contributed by atoms with E-state index in [0.29, 0.717) is 12.0 Å². The van der Waals surface area contributed by atoms with E-state index in [-0.39, 0.29) is 17.9 Å². The highest BCUT2D eigenvalue weighted by Crippen LogP contribution is 2.48. The number of aliphatic carboxylic acids is 1. The molecule has 2 bridgehead atoms. The lowest BCUT2D eigenvalue weighted by Gasteiger charge is -2.23. The molecule has 3 aliphatic carbocycles. The quantitative estimate of drug-likeness (QED) is 0.534. The number of allylic oxidation sites excluding steroid dienone is 2. The number of hydrazine groups is 1. The van der Waals surface area contributed by atoms with Crippen LogP contribution in [-0.4, -0.2) is 29.0 Å². The number of fused-ring (bicyclic) bond motifs is 2. The Balaban J connectivity index is 1.32. The van der Waals surface area contributed by atoms with Crippen LogP contribution < -0.4 is 15.6 Å². The summed E-state index contributed by atoms with van der Waals surface area (Å²) in [4.78, 5) is 36.3. The number of benzene rings is 1. The van der Waals surface area contributed by atoms with Crippen molar-refractivity contribution in [3.8, 4) is 5.75 Å². The van der Waals surface area contributed by atoms with Gasteiger partial charge in [0.15, 0.2) is 0 Å². The molecule has 0 spiro atoms. The van der Waals surface area contributed by atoms with E-state index in [0.717, 1.165) is 18.6 Å². The Morgan fingerprint density at radius 3 is 2.21 bits per heavy atom.